The van der Waals surface area contributed by atoms with Crippen molar-refractivity contribution >= 4 is 22.6 Å². The van der Waals surface area contributed by atoms with Crippen LogP contribution in [0.25, 0.3) is 11.0 Å². The summed E-state index contributed by atoms with van der Waals surface area (Å²) in [7, 11) is 0. The van der Waals surface area contributed by atoms with E-state index in [0.717, 1.165) is 22.3 Å². The van der Waals surface area contributed by atoms with Crippen molar-refractivity contribution in [2.45, 2.75) is 13.2 Å². The van der Waals surface area contributed by atoms with Gasteiger partial charge in [-0.1, -0.05) is 29.8 Å². The number of nitrogens with two attached hydrogens (primary N) is 1. The van der Waals surface area contributed by atoms with Crippen LogP contribution in [0, 0.1) is 0 Å². The second-order valence-electron chi connectivity index (χ2n) is 4.33. The zero-order valence-corrected chi connectivity index (χ0v) is 11.4. The second kappa shape index (κ2) is 5.53. The Bertz CT molecular complexity index is 740. The lowest BCUT2D eigenvalue weighted by Gasteiger charge is -2.06. The zero-order chi connectivity index (χ0) is 13.9. The molecule has 0 spiro atoms. The Morgan fingerprint density at radius 3 is 2.90 bits per heavy atom. The molecule has 0 bridgehead atoms. The molecule has 2 aromatic heterocycles. The maximum Gasteiger partial charge on any atom is 0.139 e. The largest absolute Gasteiger partial charge is 0.487 e. The van der Waals surface area contributed by atoms with Crippen LogP contribution >= 0.6 is 11.6 Å². The number of fused-ring (bicyclic) bond motifs is 1. The van der Waals surface area contributed by atoms with E-state index in [-0.39, 0.29) is 0 Å². The van der Waals surface area contributed by atoms with Gasteiger partial charge in [0.2, 0.25) is 0 Å². The fourth-order valence-corrected chi connectivity index (χ4v) is 2.26. The van der Waals surface area contributed by atoms with Gasteiger partial charge < -0.3 is 14.9 Å². The molecule has 102 valence electrons. The van der Waals surface area contributed by atoms with Crippen molar-refractivity contribution in [1.82, 2.24) is 4.98 Å². The van der Waals surface area contributed by atoms with Gasteiger partial charge in [-0.2, -0.15) is 0 Å². The molecule has 5 heteroatoms. The van der Waals surface area contributed by atoms with Crippen molar-refractivity contribution in [3.05, 3.63) is 59.1 Å². The summed E-state index contributed by atoms with van der Waals surface area (Å²) in [5.74, 6) is 1.35. The summed E-state index contributed by atoms with van der Waals surface area (Å²) in [5, 5.41) is 1.56. The third kappa shape index (κ3) is 2.48. The average Bonchev–Trinajstić information content (AvgIpc) is 2.83. The summed E-state index contributed by atoms with van der Waals surface area (Å²) in [5.41, 5.74) is 7.50. The summed E-state index contributed by atoms with van der Waals surface area (Å²) in [4.78, 5) is 3.98. The molecule has 0 saturated heterocycles. The van der Waals surface area contributed by atoms with Crippen LogP contribution < -0.4 is 10.5 Å². The number of hydrogen-bond donors (Lipinski definition) is 1. The first-order valence-electron chi connectivity index (χ1n) is 6.20. The van der Waals surface area contributed by atoms with Crippen molar-refractivity contribution in [1.29, 1.82) is 0 Å². The number of aromatic nitrogens is 1. The number of hydrogen-bond acceptors (Lipinski definition) is 4. The van der Waals surface area contributed by atoms with Gasteiger partial charge >= 0.3 is 0 Å². The molecular formula is C15H13ClN2O2. The van der Waals surface area contributed by atoms with Gasteiger partial charge in [0.05, 0.1) is 17.8 Å². The summed E-state index contributed by atoms with van der Waals surface area (Å²) in [6, 6.07) is 9.52. The van der Waals surface area contributed by atoms with Crippen LogP contribution in [0.3, 0.4) is 0 Å². The summed E-state index contributed by atoms with van der Waals surface area (Å²) in [6.45, 7) is 0.701. The van der Waals surface area contributed by atoms with Gasteiger partial charge in [0.1, 0.15) is 23.7 Å². The van der Waals surface area contributed by atoms with Crippen molar-refractivity contribution in [3.8, 4) is 5.75 Å². The van der Waals surface area contributed by atoms with E-state index < -0.39 is 0 Å². The Morgan fingerprint density at radius 1 is 1.25 bits per heavy atom. The van der Waals surface area contributed by atoms with Gasteiger partial charge in [-0.15, -0.1) is 0 Å². The molecule has 0 unspecified atom stereocenters. The first-order chi connectivity index (χ1) is 9.78. The monoisotopic (exact) mass is 288 g/mol. The lowest BCUT2D eigenvalue weighted by Crippen LogP contribution is -2.02. The Morgan fingerprint density at radius 2 is 2.10 bits per heavy atom. The number of rotatable bonds is 4. The van der Waals surface area contributed by atoms with E-state index >= 15 is 0 Å². The molecule has 0 fully saturated rings. The number of halogens is 1. The van der Waals surface area contributed by atoms with E-state index in [0.29, 0.717) is 23.9 Å². The third-order valence-electron chi connectivity index (χ3n) is 3.03. The SMILES string of the molecule is NCc1oc2ccccc2c1COc1cncc(Cl)c1. The van der Waals surface area contributed by atoms with Gasteiger partial charge in [-0.05, 0) is 6.07 Å². The molecular weight excluding hydrogens is 276 g/mol. The van der Waals surface area contributed by atoms with Gasteiger partial charge in [0, 0.05) is 23.2 Å². The molecule has 0 aliphatic heterocycles. The highest BCUT2D eigenvalue weighted by Crippen LogP contribution is 2.27. The molecule has 4 nitrogen and oxygen atoms in total. The fourth-order valence-electron chi connectivity index (χ4n) is 2.10. The quantitative estimate of drug-likeness (QED) is 0.798. The molecule has 3 aromatic rings. The fraction of sp³-hybridized carbons (Fsp3) is 0.133. The molecule has 0 saturated carbocycles. The molecule has 2 heterocycles. The number of pyridine rings is 1. The van der Waals surface area contributed by atoms with E-state index in [1.54, 1.807) is 18.5 Å². The molecule has 0 amide bonds. The van der Waals surface area contributed by atoms with Crippen molar-refractivity contribution in [2.75, 3.05) is 0 Å². The summed E-state index contributed by atoms with van der Waals surface area (Å²) < 4.78 is 11.4. The van der Waals surface area contributed by atoms with Crippen LogP contribution in [0.1, 0.15) is 11.3 Å². The number of nitrogens with zero attached hydrogens (tertiary/aromatic N) is 1. The summed E-state index contributed by atoms with van der Waals surface area (Å²) in [6.07, 6.45) is 3.18. The predicted molar refractivity (Wildman–Crippen MR) is 77.7 cm³/mol. The molecule has 2 N–H and O–H groups in total. The molecule has 0 aliphatic rings. The van der Waals surface area contributed by atoms with Crippen LogP contribution in [0.4, 0.5) is 0 Å². The minimum atomic E-state index is 0.334. The van der Waals surface area contributed by atoms with E-state index in [4.69, 9.17) is 26.5 Å². The van der Waals surface area contributed by atoms with Crippen LogP contribution in [0.2, 0.25) is 5.02 Å². The molecule has 1 aromatic carbocycles. The van der Waals surface area contributed by atoms with E-state index in [2.05, 4.69) is 4.98 Å². The highest BCUT2D eigenvalue weighted by Gasteiger charge is 2.13. The number of ether oxygens (including phenoxy) is 1. The standard InChI is InChI=1S/C15H13ClN2O2/c16-10-5-11(8-18-7-10)19-9-13-12-3-1-2-4-14(12)20-15(13)6-17/h1-5,7-8H,6,9,17H2. The highest BCUT2D eigenvalue weighted by atomic mass is 35.5. The molecule has 3 rings (SSSR count). The molecule has 0 radical (unpaired) electrons. The van der Waals surface area contributed by atoms with Gasteiger partial charge in [0.15, 0.2) is 0 Å². The maximum atomic E-state index is 5.88. The van der Waals surface area contributed by atoms with Gasteiger partial charge in [-0.25, -0.2) is 0 Å². The Hall–Kier alpha value is -2.04. The minimum Gasteiger partial charge on any atom is -0.487 e. The number of furan rings is 1. The van der Waals surface area contributed by atoms with E-state index in [9.17, 15) is 0 Å². The Labute approximate surface area is 121 Å². The topological polar surface area (TPSA) is 61.3 Å². The average molecular weight is 289 g/mol. The maximum absolute atomic E-state index is 5.88. The normalized spacial score (nSPS) is 10.9. The Kier molecular flexibility index (Phi) is 3.58. The predicted octanol–water partition coefficient (Wildman–Crippen LogP) is 3.52. The van der Waals surface area contributed by atoms with Crippen molar-refractivity contribution < 1.29 is 9.15 Å². The van der Waals surface area contributed by atoms with Gasteiger partial charge in [0.25, 0.3) is 0 Å². The lowest BCUT2D eigenvalue weighted by atomic mass is 10.1. The first kappa shape index (κ1) is 13.0. The third-order valence-corrected chi connectivity index (χ3v) is 3.24. The summed E-state index contributed by atoms with van der Waals surface area (Å²) >= 11 is 5.88. The molecule has 0 atom stereocenters. The minimum absolute atomic E-state index is 0.334. The zero-order valence-electron chi connectivity index (χ0n) is 10.7. The van der Waals surface area contributed by atoms with Crippen LogP contribution in [-0.2, 0) is 13.2 Å². The highest BCUT2D eigenvalue weighted by molar-refractivity contribution is 6.30. The Balaban J connectivity index is 1.90. The van der Waals surface area contributed by atoms with Crippen LogP contribution in [-0.4, -0.2) is 4.98 Å². The smallest absolute Gasteiger partial charge is 0.139 e. The molecule has 0 aliphatic carbocycles. The van der Waals surface area contributed by atoms with Gasteiger partial charge in [-0.3, -0.25) is 4.98 Å². The van der Waals surface area contributed by atoms with Crippen molar-refractivity contribution in [3.63, 3.8) is 0 Å². The number of benzene rings is 1. The van der Waals surface area contributed by atoms with E-state index in [1.807, 2.05) is 24.3 Å². The van der Waals surface area contributed by atoms with Crippen molar-refractivity contribution in [2.24, 2.45) is 5.73 Å². The second-order valence-corrected chi connectivity index (χ2v) is 4.77. The van der Waals surface area contributed by atoms with Crippen LogP contribution in [0.15, 0.2) is 47.1 Å². The lowest BCUT2D eigenvalue weighted by molar-refractivity contribution is 0.302. The number of para-hydroxylation sites is 1. The van der Waals surface area contributed by atoms with E-state index in [1.165, 1.54) is 0 Å². The first-order valence-corrected chi connectivity index (χ1v) is 6.58. The molecule has 20 heavy (non-hydrogen) atoms. The van der Waals surface area contributed by atoms with Crippen LogP contribution in [0.5, 0.6) is 5.75 Å².